The maximum absolute atomic E-state index is 13.0. The van der Waals surface area contributed by atoms with Gasteiger partial charge in [0.2, 0.25) is 5.91 Å². The second-order valence-corrected chi connectivity index (χ2v) is 6.16. The normalized spacial score (nSPS) is 12.2. The molecule has 28 heavy (non-hydrogen) atoms. The molecule has 0 saturated heterocycles. The monoisotopic (exact) mass is 382 g/mol. The van der Waals surface area contributed by atoms with Crippen LogP contribution < -0.4 is 15.8 Å². The number of H-pyrrole nitrogens is 1. The third-order valence-electron chi connectivity index (χ3n) is 4.24. The highest BCUT2D eigenvalue weighted by atomic mass is 19.1. The van der Waals surface area contributed by atoms with Gasteiger partial charge in [-0.05, 0) is 42.8 Å². The molecule has 144 valence electrons. The van der Waals surface area contributed by atoms with E-state index < -0.39 is 17.9 Å². The number of aromatic amines is 1. The third-order valence-corrected chi connectivity index (χ3v) is 4.24. The number of methoxy groups -OCH3 is 1. The smallest absolute Gasteiger partial charge is 0.255 e. The van der Waals surface area contributed by atoms with Crippen molar-refractivity contribution in [2.75, 3.05) is 7.11 Å². The molecule has 0 radical (unpaired) electrons. The van der Waals surface area contributed by atoms with Crippen molar-refractivity contribution in [2.24, 2.45) is 5.73 Å². The molecule has 0 aliphatic carbocycles. The van der Waals surface area contributed by atoms with Crippen LogP contribution in [0.3, 0.4) is 0 Å². The Morgan fingerprint density at radius 2 is 1.93 bits per heavy atom. The molecule has 7 nitrogen and oxygen atoms in total. The Kier molecular flexibility index (Phi) is 5.39. The van der Waals surface area contributed by atoms with Gasteiger partial charge in [0.05, 0.1) is 29.3 Å². The van der Waals surface area contributed by atoms with Crippen molar-refractivity contribution in [2.45, 2.75) is 13.0 Å². The summed E-state index contributed by atoms with van der Waals surface area (Å²) in [7, 11) is 1.45. The number of nitrogens with two attached hydrogens (primary N) is 1. The minimum absolute atomic E-state index is 0.251. The molecule has 3 aromatic rings. The first-order valence-electron chi connectivity index (χ1n) is 8.49. The number of fused-ring (bicyclic) bond motifs is 1. The van der Waals surface area contributed by atoms with Crippen LogP contribution in [0.15, 0.2) is 36.4 Å². The van der Waals surface area contributed by atoms with Crippen molar-refractivity contribution < 1.29 is 18.7 Å². The summed E-state index contributed by atoms with van der Waals surface area (Å²) in [6.07, 6.45) is 3.55. The van der Waals surface area contributed by atoms with Gasteiger partial charge in [0.25, 0.3) is 5.91 Å². The van der Waals surface area contributed by atoms with E-state index >= 15 is 0 Å². The third kappa shape index (κ3) is 3.85. The van der Waals surface area contributed by atoms with E-state index in [0.717, 1.165) is 5.56 Å². The second-order valence-electron chi connectivity index (χ2n) is 6.16. The van der Waals surface area contributed by atoms with Crippen molar-refractivity contribution in [3.05, 3.63) is 59.0 Å². The van der Waals surface area contributed by atoms with E-state index in [1.807, 2.05) is 0 Å². The summed E-state index contributed by atoms with van der Waals surface area (Å²) >= 11 is 0. The Bertz CT molecular complexity index is 1060. The minimum atomic E-state index is -0.824. The number of carbonyl (C=O) groups excluding carboxylic acids is 2. The maximum atomic E-state index is 13.0. The summed E-state index contributed by atoms with van der Waals surface area (Å²) in [6, 6.07) is 8.44. The summed E-state index contributed by atoms with van der Waals surface area (Å²) in [5.74, 6) is -1.12. The predicted molar refractivity (Wildman–Crippen MR) is 104 cm³/mol. The second kappa shape index (κ2) is 7.91. The van der Waals surface area contributed by atoms with Crippen molar-refractivity contribution in [3.63, 3.8) is 0 Å². The van der Waals surface area contributed by atoms with Gasteiger partial charge in [-0.25, -0.2) is 4.39 Å². The van der Waals surface area contributed by atoms with Crippen molar-refractivity contribution in [3.8, 4) is 5.75 Å². The Labute approximate surface area is 160 Å². The summed E-state index contributed by atoms with van der Waals surface area (Å²) in [5, 5.41) is 10.3. The molecule has 2 aromatic carbocycles. The topological polar surface area (TPSA) is 110 Å². The molecular formula is C20H19FN4O3. The summed E-state index contributed by atoms with van der Waals surface area (Å²) in [6.45, 7) is 1.50. The number of primary amides is 1. The van der Waals surface area contributed by atoms with Gasteiger partial charge in [0.1, 0.15) is 17.6 Å². The number of hydrogen-bond donors (Lipinski definition) is 3. The van der Waals surface area contributed by atoms with E-state index in [4.69, 9.17) is 10.5 Å². The van der Waals surface area contributed by atoms with Gasteiger partial charge < -0.3 is 15.8 Å². The standard InChI is InChI=1S/C20H19FN4O3/c1-11(19(22)26)23-20(27)14-8-10-16-17(18(14)28-2)15(24-25-16)9-5-12-3-6-13(21)7-4-12/h3-11H,1-2H3,(H2,22,26)(H,23,27)(H,24,25)/t11-/m0/s1. The molecule has 0 aliphatic rings. The fourth-order valence-electron chi connectivity index (χ4n) is 2.71. The molecule has 3 rings (SSSR count). The van der Waals surface area contributed by atoms with Crippen LogP contribution in [0.4, 0.5) is 4.39 Å². The number of nitrogens with zero attached hydrogens (tertiary/aromatic N) is 1. The predicted octanol–water partition coefficient (Wildman–Crippen LogP) is 2.48. The number of benzene rings is 2. The maximum Gasteiger partial charge on any atom is 0.255 e. The van der Waals surface area contributed by atoms with Crippen LogP contribution in [0.25, 0.3) is 23.1 Å². The largest absolute Gasteiger partial charge is 0.495 e. The van der Waals surface area contributed by atoms with Gasteiger partial charge in [-0.15, -0.1) is 0 Å². The lowest BCUT2D eigenvalue weighted by atomic mass is 10.1. The Morgan fingerprint density at radius 3 is 2.57 bits per heavy atom. The highest BCUT2D eigenvalue weighted by Gasteiger charge is 2.21. The highest BCUT2D eigenvalue weighted by Crippen LogP contribution is 2.32. The lowest BCUT2D eigenvalue weighted by Gasteiger charge is -2.13. The molecule has 0 fully saturated rings. The zero-order valence-electron chi connectivity index (χ0n) is 15.3. The van der Waals surface area contributed by atoms with Crippen molar-refractivity contribution in [1.82, 2.24) is 15.5 Å². The minimum Gasteiger partial charge on any atom is -0.495 e. The van der Waals surface area contributed by atoms with Gasteiger partial charge in [-0.3, -0.25) is 14.7 Å². The average Bonchev–Trinajstić information content (AvgIpc) is 3.09. The van der Waals surface area contributed by atoms with Crippen LogP contribution in [0.2, 0.25) is 0 Å². The fourth-order valence-corrected chi connectivity index (χ4v) is 2.71. The van der Waals surface area contributed by atoms with Crippen molar-refractivity contribution in [1.29, 1.82) is 0 Å². The highest BCUT2D eigenvalue weighted by molar-refractivity contribution is 6.06. The number of carbonyl (C=O) groups is 2. The van der Waals surface area contributed by atoms with E-state index in [0.29, 0.717) is 22.3 Å². The van der Waals surface area contributed by atoms with E-state index in [9.17, 15) is 14.0 Å². The number of halogens is 1. The van der Waals surface area contributed by atoms with Gasteiger partial charge in [0.15, 0.2) is 0 Å². The quantitative estimate of drug-likeness (QED) is 0.608. The fraction of sp³-hybridized carbons (Fsp3) is 0.150. The SMILES string of the molecule is COc1c(C(=O)N[C@@H](C)C(N)=O)ccc2n[nH]c(C=Cc3ccc(F)cc3)c12. The molecule has 0 saturated carbocycles. The molecule has 8 heteroatoms. The first kappa shape index (κ1) is 19.1. The summed E-state index contributed by atoms with van der Waals surface area (Å²) in [4.78, 5) is 23.8. The Balaban J connectivity index is 2.00. The molecule has 0 spiro atoms. The van der Waals surface area contributed by atoms with Gasteiger partial charge in [-0.1, -0.05) is 18.2 Å². The molecular weight excluding hydrogens is 363 g/mol. The number of hydrogen-bond acceptors (Lipinski definition) is 4. The molecule has 2 amide bonds. The molecule has 4 N–H and O–H groups in total. The van der Waals surface area contributed by atoms with Crippen LogP contribution in [0, 0.1) is 5.82 Å². The Morgan fingerprint density at radius 1 is 1.21 bits per heavy atom. The number of rotatable bonds is 6. The molecule has 0 bridgehead atoms. The van der Waals surface area contributed by atoms with E-state index in [2.05, 4.69) is 15.5 Å². The summed E-state index contributed by atoms with van der Waals surface area (Å²) < 4.78 is 18.5. The molecule has 1 aromatic heterocycles. The number of aromatic nitrogens is 2. The van der Waals surface area contributed by atoms with E-state index in [-0.39, 0.29) is 11.4 Å². The molecule has 1 atom stereocenters. The van der Waals surface area contributed by atoms with Crippen LogP contribution in [-0.4, -0.2) is 35.2 Å². The van der Waals surface area contributed by atoms with E-state index in [1.54, 1.807) is 36.4 Å². The molecule has 1 heterocycles. The zero-order valence-corrected chi connectivity index (χ0v) is 15.3. The molecule has 0 aliphatic heterocycles. The van der Waals surface area contributed by atoms with Gasteiger partial charge in [0, 0.05) is 0 Å². The zero-order chi connectivity index (χ0) is 20.3. The number of ether oxygens (including phenoxy) is 1. The lowest BCUT2D eigenvalue weighted by Crippen LogP contribution is -2.42. The first-order valence-corrected chi connectivity index (χ1v) is 8.49. The van der Waals surface area contributed by atoms with Crippen LogP contribution >= 0.6 is 0 Å². The number of nitrogens with one attached hydrogen (secondary N) is 2. The first-order chi connectivity index (χ1) is 13.4. The van der Waals surface area contributed by atoms with Crippen molar-refractivity contribution >= 4 is 34.9 Å². The van der Waals surface area contributed by atoms with Crippen LogP contribution in [0.1, 0.15) is 28.5 Å². The molecule has 0 unspecified atom stereocenters. The Hall–Kier alpha value is -3.68. The van der Waals surface area contributed by atoms with Crippen LogP contribution in [-0.2, 0) is 4.79 Å². The van der Waals surface area contributed by atoms with Crippen LogP contribution in [0.5, 0.6) is 5.75 Å². The number of amides is 2. The summed E-state index contributed by atoms with van der Waals surface area (Å²) in [5.41, 5.74) is 7.48. The van der Waals surface area contributed by atoms with Gasteiger partial charge in [-0.2, -0.15) is 5.10 Å². The average molecular weight is 382 g/mol. The van der Waals surface area contributed by atoms with E-state index in [1.165, 1.54) is 26.2 Å². The lowest BCUT2D eigenvalue weighted by molar-refractivity contribution is -0.119. The van der Waals surface area contributed by atoms with Gasteiger partial charge >= 0.3 is 0 Å².